The molecule has 0 radical (unpaired) electrons. The third-order valence-corrected chi connectivity index (χ3v) is 7.90. The number of amides is 2. The number of fused-ring (bicyclic) bond motifs is 1. The highest BCUT2D eigenvalue weighted by atomic mass is 35.5. The van der Waals surface area contributed by atoms with Crippen molar-refractivity contribution in [1.29, 1.82) is 0 Å². The summed E-state index contributed by atoms with van der Waals surface area (Å²) in [5.74, 6) is -2.30. The number of anilines is 2. The number of carbonyl (C=O) groups excluding carboxylic acids is 2. The molecule has 1 fully saturated rings. The fourth-order valence-electron chi connectivity index (χ4n) is 4.96. The lowest BCUT2D eigenvalue weighted by Crippen LogP contribution is -2.38. The number of alkyl halides is 4. The second kappa shape index (κ2) is 13.6. The van der Waals surface area contributed by atoms with Gasteiger partial charge in [-0.25, -0.2) is 26.9 Å². The Labute approximate surface area is 256 Å². The molecule has 4 rings (SSSR count). The van der Waals surface area contributed by atoms with Gasteiger partial charge in [-0.2, -0.15) is 0 Å². The zero-order valence-corrected chi connectivity index (χ0v) is 25.5. The largest absolute Gasteiger partial charge is 0.487 e. The first-order chi connectivity index (χ1) is 20.6. The number of aromatic nitrogens is 2. The van der Waals surface area contributed by atoms with Gasteiger partial charge >= 0.3 is 0 Å². The van der Waals surface area contributed by atoms with Gasteiger partial charge in [-0.05, 0) is 37.8 Å². The zero-order valence-electron chi connectivity index (χ0n) is 24.7. The summed E-state index contributed by atoms with van der Waals surface area (Å²) in [6.45, 7) is 4.16. The predicted molar refractivity (Wildman–Crippen MR) is 157 cm³/mol. The summed E-state index contributed by atoms with van der Waals surface area (Å²) >= 11 is 6.31. The zero-order chi connectivity index (χ0) is 32.3. The average Bonchev–Trinajstić information content (AvgIpc) is 3.26. The topological polar surface area (TPSA) is 97.3 Å². The van der Waals surface area contributed by atoms with Gasteiger partial charge in [0, 0.05) is 42.6 Å². The van der Waals surface area contributed by atoms with Gasteiger partial charge in [0.15, 0.2) is 5.82 Å². The van der Waals surface area contributed by atoms with Gasteiger partial charge in [0.25, 0.3) is 12.3 Å². The number of hydrogen-bond donors (Lipinski definition) is 3. The van der Waals surface area contributed by atoms with Crippen LogP contribution >= 0.6 is 11.6 Å². The molecule has 44 heavy (non-hydrogen) atoms. The lowest BCUT2D eigenvalue weighted by molar-refractivity contribution is -0.128. The van der Waals surface area contributed by atoms with Crippen molar-refractivity contribution in [2.45, 2.75) is 71.9 Å². The van der Waals surface area contributed by atoms with Crippen LogP contribution in [0.4, 0.5) is 33.6 Å². The van der Waals surface area contributed by atoms with E-state index in [0.29, 0.717) is 18.4 Å². The first kappa shape index (κ1) is 33.3. The Kier molecular flexibility index (Phi) is 10.3. The molecule has 14 heteroatoms. The van der Waals surface area contributed by atoms with Crippen LogP contribution in [0.1, 0.15) is 62.4 Å². The Morgan fingerprint density at radius 2 is 1.80 bits per heavy atom. The number of halogens is 6. The van der Waals surface area contributed by atoms with Gasteiger partial charge < -0.3 is 25.3 Å². The Balaban J connectivity index is 1.61. The number of rotatable bonds is 10. The molecular formula is C30H35ClF5N5O3. The third kappa shape index (κ3) is 7.72. The molecule has 0 aliphatic heterocycles. The second-order valence-corrected chi connectivity index (χ2v) is 12.3. The summed E-state index contributed by atoms with van der Waals surface area (Å²) in [6, 6.07) is 5.33. The van der Waals surface area contributed by atoms with E-state index < -0.39 is 42.5 Å². The molecule has 0 saturated heterocycles. The molecule has 3 N–H and O–H groups in total. The summed E-state index contributed by atoms with van der Waals surface area (Å²) in [6.07, 6.45) is -3.99. The normalized spacial score (nSPS) is 17.3. The molecule has 0 spiro atoms. The molecule has 0 atom stereocenters. The van der Waals surface area contributed by atoms with Crippen molar-refractivity contribution in [3.8, 4) is 5.75 Å². The third-order valence-electron chi connectivity index (χ3n) is 7.58. The van der Waals surface area contributed by atoms with Crippen LogP contribution < -0.4 is 20.7 Å². The monoisotopic (exact) mass is 643 g/mol. The van der Waals surface area contributed by atoms with Crippen LogP contribution in [-0.4, -0.2) is 46.9 Å². The first-order valence-electron chi connectivity index (χ1n) is 14.2. The van der Waals surface area contributed by atoms with E-state index in [0.717, 1.165) is 0 Å². The molecule has 240 valence electrons. The second-order valence-electron chi connectivity index (χ2n) is 11.9. The van der Waals surface area contributed by atoms with Gasteiger partial charge in [0.2, 0.25) is 18.3 Å². The Morgan fingerprint density at radius 3 is 2.41 bits per heavy atom. The number of imidazole rings is 1. The molecular weight excluding hydrogens is 609 g/mol. The lowest BCUT2D eigenvalue weighted by atomic mass is 9.86. The van der Waals surface area contributed by atoms with Crippen LogP contribution in [0.2, 0.25) is 5.02 Å². The van der Waals surface area contributed by atoms with E-state index in [2.05, 4.69) is 20.9 Å². The molecule has 0 bridgehead atoms. The summed E-state index contributed by atoms with van der Waals surface area (Å²) in [7, 11) is 1.59. The summed E-state index contributed by atoms with van der Waals surface area (Å²) in [4.78, 5) is 30.0. The van der Waals surface area contributed by atoms with Crippen molar-refractivity contribution < 1.29 is 36.3 Å². The van der Waals surface area contributed by atoms with Crippen LogP contribution in [0.25, 0.3) is 11.0 Å². The smallest absolute Gasteiger partial charge is 0.272 e. The Bertz CT molecular complexity index is 1520. The molecule has 1 aromatic heterocycles. The maximum atomic E-state index is 15.5. The number of ether oxygens (including phenoxy) is 1. The summed E-state index contributed by atoms with van der Waals surface area (Å²) in [5.41, 5.74) is 0.0153. The standard InChI is InChI=1S/C30H35ClF5N5O3/c1-30(2,3)28(43)37-13-16-7-10-19(31)25(24(16)34)40-29-39-20-11-18(22(44-14-23(32)33)12-21(20)41(29)4)27(42)38-17-8-5-15(6-9-17)26(35)36/h7,10-12,15,17,23,26H,5-6,8-9,13-14H2,1-4H3,(H,37,43)(H,38,42)(H,39,40). The minimum absolute atomic E-state index is 0.0445. The van der Waals surface area contributed by atoms with Crippen LogP contribution in [0.3, 0.4) is 0 Å². The molecule has 1 saturated carbocycles. The van der Waals surface area contributed by atoms with Gasteiger partial charge in [-0.3, -0.25) is 9.59 Å². The van der Waals surface area contributed by atoms with E-state index in [1.165, 1.54) is 28.8 Å². The fourth-order valence-corrected chi connectivity index (χ4v) is 5.15. The maximum Gasteiger partial charge on any atom is 0.272 e. The highest BCUT2D eigenvalue weighted by Crippen LogP contribution is 2.34. The molecule has 1 heterocycles. The van der Waals surface area contributed by atoms with E-state index in [-0.39, 0.29) is 70.4 Å². The summed E-state index contributed by atoms with van der Waals surface area (Å²) in [5, 5.41) is 8.40. The lowest BCUT2D eigenvalue weighted by Gasteiger charge is -2.28. The van der Waals surface area contributed by atoms with Crippen molar-refractivity contribution in [3.63, 3.8) is 0 Å². The highest BCUT2D eigenvalue weighted by molar-refractivity contribution is 6.33. The van der Waals surface area contributed by atoms with Crippen molar-refractivity contribution in [2.24, 2.45) is 18.4 Å². The Hall–Kier alpha value is -3.61. The predicted octanol–water partition coefficient (Wildman–Crippen LogP) is 6.97. The van der Waals surface area contributed by atoms with E-state index in [4.69, 9.17) is 16.3 Å². The quantitative estimate of drug-likeness (QED) is 0.207. The van der Waals surface area contributed by atoms with Crippen molar-refractivity contribution in [1.82, 2.24) is 20.2 Å². The number of aryl methyl sites for hydroxylation is 1. The molecule has 2 aromatic carbocycles. The van der Waals surface area contributed by atoms with E-state index in [1.807, 2.05) is 0 Å². The van der Waals surface area contributed by atoms with E-state index in [9.17, 15) is 27.2 Å². The van der Waals surface area contributed by atoms with Crippen molar-refractivity contribution in [2.75, 3.05) is 11.9 Å². The molecule has 3 aromatic rings. The SMILES string of the molecule is Cn1c(Nc2c(Cl)ccc(CNC(=O)C(C)(C)C)c2F)nc2cc(C(=O)NC3CCC(C(F)F)CC3)c(OCC(F)F)cc21. The highest BCUT2D eigenvalue weighted by Gasteiger charge is 2.29. The minimum Gasteiger partial charge on any atom is -0.487 e. The van der Waals surface area contributed by atoms with Gasteiger partial charge in [0.1, 0.15) is 12.4 Å². The van der Waals surface area contributed by atoms with Gasteiger partial charge in [0.05, 0.1) is 27.3 Å². The Morgan fingerprint density at radius 1 is 1.11 bits per heavy atom. The van der Waals surface area contributed by atoms with Crippen molar-refractivity contribution in [3.05, 3.63) is 46.2 Å². The van der Waals surface area contributed by atoms with E-state index >= 15 is 4.39 Å². The number of nitrogens with zero attached hydrogens (tertiary/aromatic N) is 2. The fraction of sp³-hybridized carbons (Fsp3) is 0.500. The average molecular weight is 644 g/mol. The van der Waals surface area contributed by atoms with Crippen LogP contribution in [-0.2, 0) is 18.4 Å². The molecule has 1 aliphatic rings. The first-order valence-corrected chi connectivity index (χ1v) is 14.6. The van der Waals surface area contributed by atoms with Crippen LogP contribution in [0.5, 0.6) is 5.75 Å². The molecule has 8 nitrogen and oxygen atoms in total. The molecule has 2 amide bonds. The minimum atomic E-state index is -2.81. The molecule has 0 unspecified atom stereocenters. The number of hydrogen-bond acceptors (Lipinski definition) is 5. The maximum absolute atomic E-state index is 15.5. The van der Waals surface area contributed by atoms with E-state index in [1.54, 1.807) is 27.8 Å². The number of carbonyl (C=O) groups is 2. The molecule has 1 aliphatic carbocycles. The number of nitrogens with one attached hydrogen (secondary N) is 3. The van der Waals surface area contributed by atoms with Crippen LogP contribution in [0.15, 0.2) is 24.3 Å². The van der Waals surface area contributed by atoms with Gasteiger partial charge in [-0.1, -0.05) is 38.4 Å². The van der Waals surface area contributed by atoms with Crippen molar-refractivity contribution >= 4 is 46.1 Å². The summed E-state index contributed by atoms with van der Waals surface area (Å²) < 4.78 is 74.5. The number of benzene rings is 2. The van der Waals surface area contributed by atoms with Crippen LogP contribution in [0, 0.1) is 17.2 Å². The van der Waals surface area contributed by atoms with Gasteiger partial charge in [-0.15, -0.1) is 0 Å².